The second-order valence-electron chi connectivity index (χ2n) is 1.52. The van der Waals surface area contributed by atoms with E-state index in [4.69, 9.17) is 17.0 Å². The van der Waals surface area contributed by atoms with E-state index in [2.05, 4.69) is 0 Å². The Bertz CT molecular complexity index is 97.1. The zero-order valence-electron chi connectivity index (χ0n) is 5.06. The third-order valence-corrected chi connectivity index (χ3v) is 1.44. The Morgan fingerprint density at radius 2 is 2.38 bits per heavy atom. The van der Waals surface area contributed by atoms with Crippen LogP contribution < -0.4 is 0 Å². The maximum atomic E-state index is 8.26. The molecule has 0 amide bonds. The SMILES string of the molecule is CCN(Cl)C(C)C#N. The molecule has 0 saturated heterocycles. The minimum Gasteiger partial charge on any atom is -0.204 e. The molecule has 0 bridgehead atoms. The largest absolute Gasteiger partial charge is 0.204 e. The van der Waals surface area contributed by atoms with Crippen LogP contribution in [0.2, 0.25) is 0 Å². The van der Waals surface area contributed by atoms with Gasteiger partial charge in [0, 0.05) is 6.54 Å². The summed E-state index contributed by atoms with van der Waals surface area (Å²) in [6.45, 7) is 4.37. The number of hydrogen-bond donors (Lipinski definition) is 0. The van der Waals surface area contributed by atoms with Crippen molar-refractivity contribution in [2.24, 2.45) is 0 Å². The average molecular weight is 133 g/mol. The first-order valence-corrected chi connectivity index (χ1v) is 2.88. The first kappa shape index (κ1) is 7.74. The molecular formula is C5H9ClN2. The Hall–Kier alpha value is -0.260. The summed E-state index contributed by atoms with van der Waals surface area (Å²) in [7, 11) is 0. The Morgan fingerprint density at radius 1 is 1.88 bits per heavy atom. The lowest BCUT2D eigenvalue weighted by Crippen LogP contribution is -2.21. The fourth-order valence-electron chi connectivity index (χ4n) is 0.337. The first-order valence-electron chi connectivity index (χ1n) is 2.54. The molecule has 0 aromatic rings. The fourth-order valence-corrected chi connectivity index (χ4v) is 0.380. The van der Waals surface area contributed by atoms with Gasteiger partial charge in [-0.1, -0.05) is 6.92 Å². The molecule has 0 spiro atoms. The van der Waals surface area contributed by atoms with Crippen LogP contribution in [0, 0.1) is 11.3 Å². The minimum absolute atomic E-state index is 0.179. The maximum absolute atomic E-state index is 8.26. The average Bonchev–Trinajstić information content (AvgIpc) is 1.84. The summed E-state index contributed by atoms with van der Waals surface area (Å²) < 4.78 is 1.46. The molecule has 0 aromatic carbocycles. The van der Waals surface area contributed by atoms with E-state index >= 15 is 0 Å². The minimum atomic E-state index is -0.179. The number of nitrogens with zero attached hydrogens (tertiary/aromatic N) is 2. The van der Waals surface area contributed by atoms with Gasteiger partial charge >= 0.3 is 0 Å². The van der Waals surface area contributed by atoms with E-state index in [1.165, 1.54) is 4.42 Å². The smallest absolute Gasteiger partial charge is 0.109 e. The van der Waals surface area contributed by atoms with Crippen LogP contribution in [0.15, 0.2) is 0 Å². The summed E-state index contributed by atoms with van der Waals surface area (Å²) in [6.07, 6.45) is 0. The van der Waals surface area contributed by atoms with E-state index in [0.29, 0.717) is 6.54 Å². The molecule has 3 heteroatoms. The topological polar surface area (TPSA) is 27.0 Å². The summed E-state index contributed by atoms with van der Waals surface area (Å²) in [6, 6.07) is 1.83. The number of nitriles is 1. The molecule has 0 fully saturated rings. The van der Waals surface area contributed by atoms with Gasteiger partial charge < -0.3 is 0 Å². The highest BCUT2D eigenvalue weighted by Gasteiger charge is 2.04. The lowest BCUT2D eigenvalue weighted by atomic mass is 10.4. The second kappa shape index (κ2) is 3.71. The molecular weight excluding hydrogens is 124 g/mol. The summed E-state index contributed by atoms with van der Waals surface area (Å²) in [4.78, 5) is 0. The lowest BCUT2D eigenvalue weighted by Gasteiger charge is -2.10. The van der Waals surface area contributed by atoms with Crippen molar-refractivity contribution in [2.45, 2.75) is 19.9 Å². The van der Waals surface area contributed by atoms with Gasteiger partial charge in [0.05, 0.1) is 6.07 Å². The molecule has 2 nitrogen and oxygen atoms in total. The quantitative estimate of drug-likeness (QED) is 0.531. The van der Waals surface area contributed by atoms with Crippen molar-refractivity contribution in [1.29, 1.82) is 5.26 Å². The van der Waals surface area contributed by atoms with Crippen molar-refractivity contribution in [3.8, 4) is 6.07 Å². The van der Waals surface area contributed by atoms with Gasteiger partial charge in [0.25, 0.3) is 0 Å². The van der Waals surface area contributed by atoms with Gasteiger partial charge in [-0.25, -0.2) is 4.42 Å². The zero-order chi connectivity index (χ0) is 6.57. The van der Waals surface area contributed by atoms with Crippen LogP contribution in [0.3, 0.4) is 0 Å². The molecule has 8 heavy (non-hydrogen) atoms. The van der Waals surface area contributed by atoms with Gasteiger partial charge in [0.1, 0.15) is 6.04 Å². The van der Waals surface area contributed by atoms with E-state index in [1.54, 1.807) is 6.92 Å². The molecule has 0 N–H and O–H groups in total. The molecule has 0 heterocycles. The number of halogens is 1. The van der Waals surface area contributed by atoms with Crippen LogP contribution in [0.25, 0.3) is 0 Å². The highest BCUT2D eigenvalue weighted by Crippen LogP contribution is 1.99. The second-order valence-corrected chi connectivity index (χ2v) is 1.96. The predicted octanol–water partition coefficient (Wildman–Crippen LogP) is 1.37. The third kappa shape index (κ3) is 2.15. The lowest BCUT2D eigenvalue weighted by molar-refractivity contribution is 0.440. The van der Waals surface area contributed by atoms with Gasteiger partial charge in [0.15, 0.2) is 0 Å². The highest BCUT2D eigenvalue weighted by molar-refractivity contribution is 6.13. The standard InChI is InChI=1S/C5H9ClN2/c1-3-8(6)5(2)4-7/h5H,3H2,1-2H3. The predicted molar refractivity (Wildman–Crippen MR) is 33.3 cm³/mol. The number of hydrogen-bond acceptors (Lipinski definition) is 2. The maximum Gasteiger partial charge on any atom is 0.109 e. The van der Waals surface area contributed by atoms with Crippen LogP contribution in [-0.4, -0.2) is 17.0 Å². The van der Waals surface area contributed by atoms with Crippen LogP contribution in [0.4, 0.5) is 0 Å². The fraction of sp³-hybridized carbons (Fsp3) is 0.800. The Balaban J connectivity index is 3.49. The van der Waals surface area contributed by atoms with Crippen LogP contribution in [0.1, 0.15) is 13.8 Å². The van der Waals surface area contributed by atoms with Crippen molar-refractivity contribution in [3.63, 3.8) is 0 Å². The third-order valence-electron chi connectivity index (χ3n) is 0.909. The molecule has 0 radical (unpaired) electrons. The molecule has 1 unspecified atom stereocenters. The molecule has 1 atom stereocenters. The molecule has 0 saturated carbocycles. The zero-order valence-corrected chi connectivity index (χ0v) is 5.81. The Labute approximate surface area is 54.8 Å². The van der Waals surface area contributed by atoms with Gasteiger partial charge in [-0.2, -0.15) is 5.26 Å². The van der Waals surface area contributed by atoms with Gasteiger partial charge in [-0.15, -0.1) is 0 Å². The highest BCUT2D eigenvalue weighted by atomic mass is 35.5. The van der Waals surface area contributed by atoms with Crippen LogP contribution >= 0.6 is 11.8 Å². The van der Waals surface area contributed by atoms with E-state index in [1.807, 2.05) is 13.0 Å². The van der Waals surface area contributed by atoms with Crippen molar-refractivity contribution in [3.05, 3.63) is 0 Å². The van der Waals surface area contributed by atoms with Crippen molar-refractivity contribution >= 4 is 11.8 Å². The first-order chi connectivity index (χ1) is 3.72. The molecule has 0 aliphatic rings. The van der Waals surface area contributed by atoms with E-state index in [-0.39, 0.29) is 6.04 Å². The summed E-state index contributed by atoms with van der Waals surface area (Å²) in [5.74, 6) is 0. The molecule has 0 aliphatic carbocycles. The molecule has 0 rings (SSSR count). The van der Waals surface area contributed by atoms with Crippen LogP contribution in [-0.2, 0) is 0 Å². The summed E-state index contributed by atoms with van der Waals surface area (Å²) in [5.41, 5.74) is 0. The van der Waals surface area contributed by atoms with Gasteiger partial charge in [-0.3, -0.25) is 0 Å². The molecule has 46 valence electrons. The molecule has 0 aliphatic heterocycles. The van der Waals surface area contributed by atoms with Crippen LogP contribution in [0.5, 0.6) is 0 Å². The van der Waals surface area contributed by atoms with Crippen molar-refractivity contribution in [1.82, 2.24) is 4.42 Å². The summed E-state index contributed by atoms with van der Waals surface area (Å²) in [5, 5.41) is 8.26. The Kier molecular flexibility index (Phi) is 3.59. The van der Waals surface area contributed by atoms with Crippen molar-refractivity contribution < 1.29 is 0 Å². The normalized spacial score (nSPS) is 13.4. The van der Waals surface area contributed by atoms with E-state index in [0.717, 1.165) is 0 Å². The Morgan fingerprint density at radius 3 is 2.50 bits per heavy atom. The van der Waals surface area contributed by atoms with E-state index in [9.17, 15) is 0 Å². The summed E-state index contributed by atoms with van der Waals surface area (Å²) >= 11 is 5.53. The van der Waals surface area contributed by atoms with Gasteiger partial charge in [-0.05, 0) is 18.7 Å². The van der Waals surface area contributed by atoms with Gasteiger partial charge in [0.2, 0.25) is 0 Å². The van der Waals surface area contributed by atoms with Crippen molar-refractivity contribution in [2.75, 3.05) is 6.54 Å². The van der Waals surface area contributed by atoms with E-state index < -0.39 is 0 Å². The monoisotopic (exact) mass is 132 g/mol. The number of rotatable bonds is 2. The molecule has 0 aromatic heterocycles.